The summed E-state index contributed by atoms with van der Waals surface area (Å²) in [6.45, 7) is 0.148. The maximum atomic E-state index is 12.8. The van der Waals surface area contributed by atoms with Crippen LogP contribution in [-0.4, -0.2) is 47.7 Å². The van der Waals surface area contributed by atoms with Crippen molar-refractivity contribution in [1.82, 2.24) is 14.9 Å². The Hall–Kier alpha value is -4.64. The molecule has 0 saturated carbocycles. The molecule has 0 aliphatic carbocycles. The Morgan fingerprint density at radius 1 is 1.21 bits per heavy atom. The normalized spacial score (nSPS) is 12.4. The standard InChI is InChI=1S/C25H24F3N7O3S/c1-3-35-23(38)19(39-24(35)18(12-29)22(37)32-15-25(26,27)28)13-31-16-7-6-8-17(11-16)33-21(36)14-34(2)20-9-4-5-10-30-20/h4-11,13,31H,3,14-15H2,1-2H3,(H,32,37)(H,33,36). The second kappa shape index (κ2) is 12.7. The van der Waals surface area contributed by atoms with E-state index >= 15 is 0 Å². The number of hydrogen-bond acceptors (Lipinski definition) is 8. The molecule has 1 aromatic carbocycles. The molecule has 0 atom stereocenters. The number of pyridine rings is 1. The van der Waals surface area contributed by atoms with E-state index in [2.05, 4.69) is 15.6 Å². The summed E-state index contributed by atoms with van der Waals surface area (Å²) in [5.74, 6) is -0.864. The Labute approximate surface area is 224 Å². The molecule has 0 aliphatic rings. The monoisotopic (exact) mass is 559 g/mol. The van der Waals surface area contributed by atoms with Crippen molar-refractivity contribution in [2.24, 2.45) is 0 Å². The van der Waals surface area contributed by atoms with E-state index in [9.17, 15) is 32.8 Å². The van der Waals surface area contributed by atoms with Crippen molar-refractivity contribution in [3.63, 3.8) is 0 Å². The van der Waals surface area contributed by atoms with Crippen LogP contribution in [0.4, 0.5) is 30.4 Å². The van der Waals surface area contributed by atoms with Crippen LogP contribution >= 0.6 is 11.3 Å². The van der Waals surface area contributed by atoms with E-state index in [4.69, 9.17) is 0 Å². The van der Waals surface area contributed by atoms with Gasteiger partial charge in [0.05, 0.1) is 6.54 Å². The minimum Gasteiger partial charge on any atom is -0.360 e. The maximum Gasteiger partial charge on any atom is 0.405 e. The Kier molecular flexibility index (Phi) is 9.45. The van der Waals surface area contributed by atoms with Crippen LogP contribution in [0.15, 0.2) is 53.5 Å². The number of alkyl halides is 3. The van der Waals surface area contributed by atoms with Crippen molar-refractivity contribution in [3.05, 3.63) is 68.2 Å². The smallest absolute Gasteiger partial charge is 0.360 e. The first kappa shape index (κ1) is 28.9. The number of carbonyl (C=O) groups is 2. The number of benzene rings is 1. The lowest BCUT2D eigenvalue weighted by Gasteiger charge is -2.17. The predicted molar refractivity (Wildman–Crippen MR) is 142 cm³/mol. The van der Waals surface area contributed by atoms with Crippen molar-refractivity contribution >= 4 is 52.1 Å². The number of rotatable bonds is 9. The number of anilines is 3. The topological polar surface area (TPSA) is 132 Å². The molecule has 3 rings (SSSR count). The zero-order valence-electron chi connectivity index (χ0n) is 20.9. The number of nitrogens with one attached hydrogen (secondary N) is 3. The van der Waals surface area contributed by atoms with Gasteiger partial charge in [0.25, 0.3) is 11.5 Å². The highest BCUT2D eigenvalue weighted by molar-refractivity contribution is 7.07. The van der Waals surface area contributed by atoms with Gasteiger partial charge in [-0.05, 0) is 37.3 Å². The van der Waals surface area contributed by atoms with Gasteiger partial charge in [-0.3, -0.25) is 19.0 Å². The van der Waals surface area contributed by atoms with Gasteiger partial charge in [0, 0.05) is 37.4 Å². The minimum absolute atomic E-state index is 0.0591. The van der Waals surface area contributed by atoms with Crippen LogP contribution in [0.3, 0.4) is 0 Å². The number of nitrogens with zero attached hydrogens (tertiary/aromatic N) is 4. The molecule has 3 N–H and O–H groups in total. The van der Waals surface area contributed by atoms with Gasteiger partial charge in [-0.2, -0.15) is 18.4 Å². The zero-order chi connectivity index (χ0) is 28.6. The highest BCUT2D eigenvalue weighted by atomic mass is 32.1. The number of nitriles is 1. The summed E-state index contributed by atoms with van der Waals surface area (Å²) in [6, 6.07) is 13.7. The maximum absolute atomic E-state index is 12.8. The van der Waals surface area contributed by atoms with Crippen molar-refractivity contribution in [1.29, 1.82) is 5.26 Å². The first-order valence-electron chi connectivity index (χ1n) is 11.5. The van der Waals surface area contributed by atoms with Crippen LogP contribution in [0.5, 0.6) is 0 Å². The summed E-state index contributed by atoms with van der Waals surface area (Å²) < 4.78 is 38.7. The lowest BCUT2D eigenvalue weighted by molar-refractivity contribution is -0.135. The molecular formula is C25H24F3N7O3S. The SMILES string of the molecule is CCn1c(=C(C#N)C(=O)NCC(F)(F)F)sc(=CNc2cccc(NC(=O)CN(C)c3ccccn3)c2)c1=O. The van der Waals surface area contributed by atoms with E-state index in [0.29, 0.717) is 17.2 Å². The highest BCUT2D eigenvalue weighted by Gasteiger charge is 2.28. The van der Waals surface area contributed by atoms with Gasteiger partial charge in [-0.25, -0.2) is 4.98 Å². The fourth-order valence-corrected chi connectivity index (χ4v) is 4.46. The Morgan fingerprint density at radius 3 is 2.59 bits per heavy atom. The van der Waals surface area contributed by atoms with Gasteiger partial charge in [0.15, 0.2) is 5.57 Å². The largest absolute Gasteiger partial charge is 0.405 e. The number of carbonyl (C=O) groups excluding carboxylic acids is 2. The van der Waals surface area contributed by atoms with E-state index in [0.717, 1.165) is 15.9 Å². The third-order valence-electron chi connectivity index (χ3n) is 5.16. The van der Waals surface area contributed by atoms with Gasteiger partial charge in [0.2, 0.25) is 5.91 Å². The van der Waals surface area contributed by atoms with Crippen LogP contribution in [0.25, 0.3) is 11.8 Å². The minimum atomic E-state index is -4.65. The molecular weight excluding hydrogens is 535 g/mol. The Morgan fingerprint density at radius 2 is 1.95 bits per heavy atom. The summed E-state index contributed by atoms with van der Waals surface area (Å²) in [5.41, 5.74) is -0.102. The van der Waals surface area contributed by atoms with Gasteiger partial charge in [-0.1, -0.05) is 12.1 Å². The first-order chi connectivity index (χ1) is 18.5. The van der Waals surface area contributed by atoms with E-state index in [1.54, 1.807) is 72.9 Å². The zero-order valence-corrected chi connectivity index (χ0v) is 21.7. The number of aromatic nitrogens is 2. The van der Waals surface area contributed by atoms with E-state index in [1.165, 1.54) is 6.20 Å². The van der Waals surface area contributed by atoms with E-state index < -0.39 is 29.8 Å². The molecule has 2 amide bonds. The Balaban J connectivity index is 1.80. The molecule has 2 heterocycles. The lowest BCUT2D eigenvalue weighted by Crippen LogP contribution is -2.37. The van der Waals surface area contributed by atoms with Gasteiger partial charge in [-0.15, -0.1) is 11.3 Å². The summed E-state index contributed by atoms with van der Waals surface area (Å²) in [5, 5.41) is 16.8. The van der Waals surface area contributed by atoms with Gasteiger partial charge in [0.1, 0.15) is 27.6 Å². The highest BCUT2D eigenvalue weighted by Crippen LogP contribution is 2.16. The molecule has 0 unspecified atom stereocenters. The molecule has 10 nitrogen and oxygen atoms in total. The van der Waals surface area contributed by atoms with Crippen molar-refractivity contribution in [3.8, 4) is 6.07 Å². The number of likely N-dealkylation sites (N-methyl/N-ethyl adjacent to an activating group) is 1. The Bertz CT molecular complexity index is 1560. The van der Waals surface area contributed by atoms with Gasteiger partial charge >= 0.3 is 6.18 Å². The summed E-state index contributed by atoms with van der Waals surface area (Å²) in [7, 11) is 1.74. The third kappa shape index (κ3) is 7.92. The third-order valence-corrected chi connectivity index (χ3v) is 6.29. The van der Waals surface area contributed by atoms with Crippen LogP contribution in [0.2, 0.25) is 0 Å². The number of hydrogen-bond donors (Lipinski definition) is 3. The lowest BCUT2D eigenvalue weighted by atomic mass is 10.2. The molecule has 2 aromatic heterocycles. The van der Waals surface area contributed by atoms with Crippen molar-refractivity contribution in [2.45, 2.75) is 19.6 Å². The second-order valence-electron chi connectivity index (χ2n) is 8.07. The summed E-state index contributed by atoms with van der Waals surface area (Å²) >= 11 is 0.794. The average Bonchev–Trinajstić information content (AvgIpc) is 3.21. The van der Waals surface area contributed by atoms with Crippen LogP contribution in [-0.2, 0) is 16.1 Å². The van der Waals surface area contributed by atoms with E-state index in [-0.39, 0.29) is 28.2 Å². The van der Waals surface area contributed by atoms with Crippen molar-refractivity contribution in [2.75, 3.05) is 35.7 Å². The molecule has 0 radical (unpaired) electrons. The molecule has 0 bridgehead atoms. The fourth-order valence-electron chi connectivity index (χ4n) is 3.37. The molecule has 0 aliphatic heterocycles. The number of thiazole rings is 1. The van der Waals surface area contributed by atoms with Crippen molar-refractivity contribution < 1.29 is 22.8 Å². The summed E-state index contributed by atoms with van der Waals surface area (Å²) in [4.78, 5) is 43.4. The number of amides is 2. The molecule has 0 fully saturated rings. The predicted octanol–water partition coefficient (Wildman–Crippen LogP) is 1.60. The quantitative estimate of drug-likeness (QED) is 0.363. The molecule has 3 aromatic rings. The molecule has 14 heteroatoms. The van der Waals surface area contributed by atoms with Crippen LogP contribution < -0.4 is 35.6 Å². The molecule has 0 saturated heterocycles. The number of halogens is 3. The molecule has 0 spiro atoms. The molecule has 204 valence electrons. The molecule has 39 heavy (non-hydrogen) atoms. The second-order valence-corrected chi connectivity index (χ2v) is 9.10. The average molecular weight is 560 g/mol. The van der Waals surface area contributed by atoms with Crippen LogP contribution in [0, 0.1) is 11.3 Å². The van der Waals surface area contributed by atoms with Crippen LogP contribution in [0.1, 0.15) is 6.92 Å². The first-order valence-corrected chi connectivity index (χ1v) is 12.3. The summed E-state index contributed by atoms with van der Waals surface area (Å²) in [6.07, 6.45) is -1.66. The fraction of sp³-hybridized carbons (Fsp3) is 0.240. The van der Waals surface area contributed by atoms with Gasteiger partial charge < -0.3 is 20.9 Å². The van der Waals surface area contributed by atoms with E-state index in [1.807, 2.05) is 6.07 Å².